The Morgan fingerprint density at radius 1 is 1.32 bits per heavy atom. The molecule has 1 aromatic heterocycles. The zero-order chi connectivity index (χ0) is 14.3. The molecule has 0 aliphatic heterocycles. The first-order chi connectivity index (χ1) is 8.99. The molecule has 19 heavy (non-hydrogen) atoms. The monoisotopic (exact) mass is 265 g/mol. The fourth-order valence-corrected chi connectivity index (χ4v) is 1.35. The molecule has 1 rings (SSSR count). The summed E-state index contributed by atoms with van der Waals surface area (Å²) in [6, 6.07) is 1.32. The van der Waals surface area contributed by atoms with E-state index in [0.717, 1.165) is 0 Å². The van der Waals surface area contributed by atoms with Gasteiger partial charge >= 0.3 is 0 Å². The predicted molar refractivity (Wildman–Crippen MR) is 70.7 cm³/mol. The lowest BCUT2D eigenvalue weighted by Crippen LogP contribution is -2.32. The third kappa shape index (κ3) is 5.85. The fraction of sp³-hybridized carbons (Fsp3) is 0.462. The van der Waals surface area contributed by atoms with Crippen molar-refractivity contribution in [1.29, 1.82) is 0 Å². The van der Waals surface area contributed by atoms with Gasteiger partial charge in [-0.2, -0.15) is 0 Å². The Balaban J connectivity index is 2.29. The van der Waals surface area contributed by atoms with Gasteiger partial charge in [0.05, 0.1) is 11.8 Å². The molecular weight excluding hydrogens is 246 g/mol. The minimum atomic E-state index is -0.361. The number of amides is 2. The van der Waals surface area contributed by atoms with Gasteiger partial charge in [-0.3, -0.25) is 14.6 Å². The Morgan fingerprint density at radius 2 is 2.05 bits per heavy atom. The third-order valence-corrected chi connectivity index (χ3v) is 2.33. The maximum absolute atomic E-state index is 11.7. The Morgan fingerprint density at radius 3 is 2.68 bits per heavy atom. The summed E-state index contributed by atoms with van der Waals surface area (Å²) in [5, 5.41) is 14.5. The molecule has 0 spiro atoms. The second-order valence-electron chi connectivity index (χ2n) is 4.64. The van der Waals surface area contributed by atoms with Gasteiger partial charge in [-0.25, -0.2) is 0 Å². The maximum atomic E-state index is 11.7. The van der Waals surface area contributed by atoms with Crippen molar-refractivity contribution in [2.75, 3.05) is 13.1 Å². The largest absolute Gasteiger partial charge is 0.506 e. The number of hydrogen-bond acceptors (Lipinski definition) is 4. The molecule has 3 N–H and O–H groups in total. The smallest absolute Gasteiger partial charge is 0.252 e. The van der Waals surface area contributed by atoms with Crippen molar-refractivity contribution >= 4 is 11.8 Å². The number of carbonyl (C=O) groups is 2. The zero-order valence-electron chi connectivity index (χ0n) is 11.1. The molecule has 6 heteroatoms. The molecule has 2 amide bonds. The van der Waals surface area contributed by atoms with Crippen LogP contribution in [0.25, 0.3) is 0 Å². The zero-order valence-corrected chi connectivity index (χ0v) is 11.1. The average Bonchev–Trinajstić information content (AvgIpc) is 2.36. The van der Waals surface area contributed by atoms with Gasteiger partial charge in [0.25, 0.3) is 5.91 Å². The van der Waals surface area contributed by atoms with Crippen LogP contribution in [0.15, 0.2) is 18.5 Å². The van der Waals surface area contributed by atoms with Gasteiger partial charge in [0.15, 0.2) is 0 Å². The highest BCUT2D eigenvalue weighted by Gasteiger charge is 2.07. The molecule has 0 unspecified atom stereocenters. The number of pyridine rings is 1. The summed E-state index contributed by atoms with van der Waals surface area (Å²) < 4.78 is 0. The number of nitrogens with zero attached hydrogens (tertiary/aromatic N) is 1. The standard InChI is InChI=1S/C13H19N3O3/c1-9(2)6-16-12(18)3-4-15-13(19)10-5-11(17)8-14-7-10/h5,7-9,17H,3-4,6H2,1-2H3,(H,15,19)(H,16,18). The lowest BCUT2D eigenvalue weighted by atomic mass is 10.2. The summed E-state index contributed by atoms with van der Waals surface area (Å²) in [6.45, 7) is 4.90. The van der Waals surface area contributed by atoms with Crippen molar-refractivity contribution < 1.29 is 14.7 Å². The highest BCUT2D eigenvalue weighted by Crippen LogP contribution is 2.07. The van der Waals surface area contributed by atoms with Crippen LogP contribution in [-0.2, 0) is 4.79 Å². The molecule has 0 bridgehead atoms. The van der Waals surface area contributed by atoms with Crippen molar-refractivity contribution in [2.45, 2.75) is 20.3 Å². The second kappa shape index (κ2) is 7.35. The Bertz CT molecular complexity index is 447. The van der Waals surface area contributed by atoms with Crippen molar-refractivity contribution in [3.05, 3.63) is 24.0 Å². The molecule has 0 aliphatic rings. The average molecular weight is 265 g/mol. The van der Waals surface area contributed by atoms with Crippen LogP contribution in [0.1, 0.15) is 30.6 Å². The molecule has 0 aromatic carbocycles. The summed E-state index contributed by atoms with van der Waals surface area (Å²) in [7, 11) is 0. The van der Waals surface area contributed by atoms with E-state index in [1.54, 1.807) is 0 Å². The highest BCUT2D eigenvalue weighted by atomic mass is 16.3. The molecule has 0 fully saturated rings. The van der Waals surface area contributed by atoms with Crippen molar-refractivity contribution in [1.82, 2.24) is 15.6 Å². The van der Waals surface area contributed by atoms with E-state index in [-0.39, 0.29) is 36.1 Å². The molecule has 0 saturated heterocycles. The number of aromatic nitrogens is 1. The minimum Gasteiger partial charge on any atom is -0.506 e. The third-order valence-electron chi connectivity index (χ3n) is 2.33. The summed E-state index contributed by atoms with van der Waals surface area (Å²) in [5.74, 6) is -0.123. The van der Waals surface area contributed by atoms with Crippen LogP contribution in [0, 0.1) is 5.92 Å². The van der Waals surface area contributed by atoms with Crippen LogP contribution in [0.4, 0.5) is 0 Å². The van der Waals surface area contributed by atoms with Crippen molar-refractivity contribution in [2.24, 2.45) is 5.92 Å². The van der Waals surface area contributed by atoms with Gasteiger partial charge < -0.3 is 15.7 Å². The minimum absolute atomic E-state index is 0.0673. The van der Waals surface area contributed by atoms with Gasteiger partial charge in [0, 0.05) is 25.7 Å². The molecule has 0 saturated carbocycles. The summed E-state index contributed by atoms with van der Waals surface area (Å²) in [5.41, 5.74) is 0.266. The van der Waals surface area contributed by atoms with E-state index >= 15 is 0 Å². The fourth-order valence-electron chi connectivity index (χ4n) is 1.35. The predicted octanol–water partition coefficient (Wildman–Crippen LogP) is 0.679. The SMILES string of the molecule is CC(C)CNC(=O)CCNC(=O)c1cncc(O)c1. The Labute approximate surface area is 112 Å². The summed E-state index contributed by atoms with van der Waals surface area (Å²) in [4.78, 5) is 26.8. The van der Waals surface area contributed by atoms with E-state index < -0.39 is 0 Å². The van der Waals surface area contributed by atoms with Crippen LogP contribution in [0.5, 0.6) is 5.75 Å². The molecule has 0 radical (unpaired) electrons. The topological polar surface area (TPSA) is 91.3 Å². The van der Waals surface area contributed by atoms with Crippen molar-refractivity contribution in [3.63, 3.8) is 0 Å². The lowest BCUT2D eigenvalue weighted by molar-refractivity contribution is -0.121. The first-order valence-electron chi connectivity index (χ1n) is 6.18. The first kappa shape index (κ1) is 14.9. The first-order valence-corrected chi connectivity index (χ1v) is 6.18. The summed E-state index contributed by atoms with van der Waals surface area (Å²) in [6.07, 6.45) is 2.83. The molecule has 104 valence electrons. The van der Waals surface area contributed by atoms with Crippen LogP contribution >= 0.6 is 0 Å². The Hall–Kier alpha value is -2.11. The number of rotatable bonds is 6. The molecule has 0 atom stereocenters. The number of hydrogen-bond donors (Lipinski definition) is 3. The number of aromatic hydroxyl groups is 1. The summed E-state index contributed by atoms with van der Waals surface area (Å²) >= 11 is 0. The maximum Gasteiger partial charge on any atom is 0.252 e. The highest BCUT2D eigenvalue weighted by molar-refractivity contribution is 5.94. The molecular formula is C13H19N3O3. The quantitative estimate of drug-likeness (QED) is 0.705. The molecule has 1 aromatic rings. The second-order valence-corrected chi connectivity index (χ2v) is 4.64. The van der Waals surface area contributed by atoms with Gasteiger partial charge in [-0.15, -0.1) is 0 Å². The lowest BCUT2D eigenvalue weighted by Gasteiger charge is -2.08. The van der Waals surface area contributed by atoms with E-state index in [2.05, 4.69) is 15.6 Å². The molecule has 0 aliphatic carbocycles. The number of carbonyl (C=O) groups excluding carboxylic acids is 2. The van der Waals surface area contributed by atoms with E-state index in [0.29, 0.717) is 12.5 Å². The van der Waals surface area contributed by atoms with Crippen LogP contribution in [-0.4, -0.2) is 35.0 Å². The Kier molecular flexibility index (Phi) is 5.78. The van der Waals surface area contributed by atoms with E-state index in [1.807, 2.05) is 13.8 Å². The van der Waals surface area contributed by atoms with Gasteiger partial charge in [-0.1, -0.05) is 13.8 Å². The van der Waals surface area contributed by atoms with Gasteiger partial charge in [-0.05, 0) is 12.0 Å². The number of nitrogens with one attached hydrogen (secondary N) is 2. The van der Waals surface area contributed by atoms with E-state index in [4.69, 9.17) is 0 Å². The van der Waals surface area contributed by atoms with E-state index in [9.17, 15) is 14.7 Å². The van der Waals surface area contributed by atoms with Gasteiger partial charge in [0.1, 0.15) is 5.75 Å². The molecule has 6 nitrogen and oxygen atoms in total. The van der Waals surface area contributed by atoms with Crippen molar-refractivity contribution in [3.8, 4) is 5.75 Å². The van der Waals surface area contributed by atoms with Crippen LogP contribution < -0.4 is 10.6 Å². The van der Waals surface area contributed by atoms with Gasteiger partial charge in [0.2, 0.25) is 5.91 Å². The normalized spacial score (nSPS) is 10.3. The molecule has 1 heterocycles. The van der Waals surface area contributed by atoms with E-state index in [1.165, 1.54) is 18.5 Å². The van der Waals surface area contributed by atoms with Crippen LogP contribution in [0.3, 0.4) is 0 Å². The van der Waals surface area contributed by atoms with Crippen LogP contribution in [0.2, 0.25) is 0 Å².